The molecule has 0 amide bonds. The lowest BCUT2D eigenvalue weighted by atomic mass is 10.1. The van der Waals surface area contributed by atoms with Crippen LogP contribution >= 0.6 is 0 Å². The van der Waals surface area contributed by atoms with Crippen molar-refractivity contribution in [1.82, 2.24) is 10.1 Å². The Bertz CT molecular complexity index is 689. The van der Waals surface area contributed by atoms with Crippen molar-refractivity contribution >= 4 is 11.0 Å². The van der Waals surface area contributed by atoms with E-state index in [0.717, 1.165) is 16.5 Å². The minimum absolute atomic E-state index is 0.0203. The highest BCUT2D eigenvalue weighted by Gasteiger charge is 2.17. The molecule has 3 aromatic rings. The number of rotatable bonds is 4. The van der Waals surface area contributed by atoms with Gasteiger partial charge in [0.1, 0.15) is 11.8 Å². The van der Waals surface area contributed by atoms with E-state index in [1.54, 1.807) is 6.26 Å². The molecular formula is C13H13N3O3. The first kappa shape index (κ1) is 11.9. The molecule has 2 heterocycles. The minimum atomic E-state index is -0.454. The first-order valence-corrected chi connectivity index (χ1v) is 5.96. The Balaban J connectivity index is 1.98. The highest BCUT2D eigenvalue weighted by atomic mass is 16.5. The van der Waals surface area contributed by atoms with Crippen molar-refractivity contribution in [1.29, 1.82) is 0 Å². The molecule has 0 spiro atoms. The standard InChI is InChI=1S/C13H13N3O3/c14-10(5-6-17)13-15-12(16-19-13)9-7-18-11-4-2-1-3-8(9)11/h1-4,7,10,17H,5-6,14H2. The van der Waals surface area contributed by atoms with Gasteiger partial charge in [-0.25, -0.2) is 0 Å². The smallest absolute Gasteiger partial charge is 0.243 e. The molecule has 1 unspecified atom stereocenters. The average Bonchev–Trinajstić information content (AvgIpc) is 3.05. The van der Waals surface area contributed by atoms with Crippen LogP contribution in [0.25, 0.3) is 22.4 Å². The normalized spacial score (nSPS) is 12.9. The van der Waals surface area contributed by atoms with Crippen LogP contribution in [-0.2, 0) is 0 Å². The first-order chi connectivity index (χ1) is 9.29. The Labute approximate surface area is 108 Å². The molecule has 2 aromatic heterocycles. The molecule has 0 aliphatic carbocycles. The third kappa shape index (κ3) is 2.11. The second-order valence-corrected chi connectivity index (χ2v) is 4.22. The number of aliphatic hydroxyl groups excluding tert-OH is 1. The van der Waals surface area contributed by atoms with E-state index in [1.807, 2.05) is 24.3 Å². The van der Waals surface area contributed by atoms with Gasteiger partial charge >= 0.3 is 0 Å². The van der Waals surface area contributed by atoms with Crippen molar-refractivity contribution < 1.29 is 14.0 Å². The van der Waals surface area contributed by atoms with Crippen molar-refractivity contribution in [2.24, 2.45) is 5.73 Å². The van der Waals surface area contributed by atoms with Crippen molar-refractivity contribution in [3.63, 3.8) is 0 Å². The number of aromatic nitrogens is 2. The zero-order valence-electron chi connectivity index (χ0n) is 10.1. The van der Waals surface area contributed by atoms with Gasteiger partial charge in [-0.2, -0.15) is 4.98 Å². The number of hydrogen-bond donors (Lipinski definition) is 2. The van der Waals surface area contributed by atoms with Crippen LogP contribution in [0.5, 0.6) is 0 Å². The molecule has 0 aliphatic rings. The molecule has 6 nitrogen and oxygen atoms in total. The van der Waals surface area contributed by atoms with E-state index in [2.05, 4.69) is 10.1 Å². The van der Waals surface area contributed by atoms with Crippen LogP contribution in [0.3, 0.4) is 0 Å². The van der Waals surface area contributed by atoms with Gasteiger partial charge in [-0.1, -0.05) is 23.4 Å². The van der Waals surface area contributed by atoms with E-state index in [0.29, 0.717) is 18.1 Å². The maximum absolute atomic E-state index is 8.85. The topological polar surface area (TPSA) is 98.3 Å². The number of para-hydroxylation sites is 1. The number of furan rings is 1. The second-order valence-electron chi connectivity index (χ2n) is 4.22. The van der Waals surface area contributed by atoms with Gasteiger partial charge in [0, 0.05) is 12.0 Å². The largest absolute Gasteiger partial charge is 0.464 e. The van der Waals surface area contributed by atoms with E-state index >= 15 is 0 Å². The molecule has 1 atom stereocenters. The fourth-order valence-corrected chi connectivity index (χ4v) is 1.91. The van der Waals surface area contributed by atoms with Crippen molar-refractivity contribution in [3.05, 3.63) is 36.4 Å². The van der Waals surface area contributed by atoms with Crippen LogP contribution < -0.4 is 5.73 Å². The molecule has 1 aromatic carbocycles. The van der Waals surface area contributed by atoms with Crippen LogP contribution in [0, 0.1) is 0 Å². The summed E-state index contributed by atoms with van der Waals surface area (Å²) >= 11 is 0. The van der Waals surface area contributed by atoms with Crippen LogP contribution in [0.1, 0.15) is 18.4 Å². The van der Waals surface area contributed by atoms with E-state index in [9.17, 15) is 0 Å². The Morgan fingerprint density at radius 2 is 2.16 bits per heavy atom. The number of hydrogen-bond acceptors (Lipinski definition) is 6. The summed E-state index contributed by atoms with van der Waals surface area (Å²) < 4.78 is 10.5. The summed E-state index contributed by atoms with van der Waals surface area (Å²) in [5.74, 6) is 0.752. The summed E-state index contributed by atoms with van der Waals surface area (Å²) in [6.07, 6.45) is 1.98. The van der Waals surface area contributed by atoms with Gasteiger partial charge in [-0.15, -0.1) is 0 Å². The molecule has 0 radical (unpaired) electrons. The third-order valence-corrected chi connectivity index (χ3v) is 2.92. The Morgan fingerprint density at radius 3 is 3.00 bits per heavy atom. The van der Waals surface area contributed by atoms with Gasteiger partial charge in [0.05, 0.1) is 11.6 Å². The summed E-state index contributed by atoms with van der Waals surface area (Å²) in [6, 6.07) is 7.16. The van der Waals surface area contributed by atoms with Crippen molar-refractivity contribution in [3.8, 4) is 11.4 Å². The minimum Gasteiger partial charge on any atom is -0.464 e. The van der Waals surface area contributed by atoms with E-state index in [1.165, 1.54) is 0 Å². The van der Waals surface area contributed by atoms with E-state index in [-0.39, 0.29) is 6.61 Å². The van der Waals surface area contributed by atoms with Crippen molar-refractivity contribution in [2.45, 2.75) is 12.5 Å². The molecular weight excluding hydrogens is 246 g/mol. The van der Waals surface area contributed by atoms with Crippen LogP contribution in [0.2, 0.25) is 0 Å². The molecule has 0 aliphatic heterocycles. The molecule has 0 fully saturated rings. The summed E-state index contributed by atoms with van der Waals surface area (Å²) in [5, 5.41) is 13.7. The van der Waals surface area contributed by atoms with E-state index in [4.69, 9.17) is 19.8 Å². The molecule has 0 saturated carbocycles. The number of fused-ring (bicyclic) bond motifs is 1. The lowest BCUT2D eigenvalue weighted by Crippen LogP contribution is -2.12. The monoisotopic (exact) mass is 259 g/mol. The molecule has 0 bridgehead atoms. The number of aliphatic hydroxyl groups is 1. The zero-order valence-corrected chi connectivity index (χ0v) is 10.1. The predicted octanol–water partition coefficient (Wildman–Crippen LogP) is 1.86. The average molecular weight is 259 g/mol. The second kappa shape index (κ2) is 4.83. The third-order valence-electron chi connectivity index (χ3n) is 2.92. The fourth-order valence-electron chi connectivity index (χ4n) is 1.91. The molecule has 6 heteroatoms. The molecule has 0 saturated heterocycles. The lowest BCUT2D eigenvalue weighted by Gasteiger charge is -2.01. The summed E-state index contributed by atoms with van der Waals surface area (Å²) in [4.78, 5) is 4.25. The molecule has 98 valence electrons. The highest BCUT2D eigenvalue weighted by Crippen LogP contribution is 2.29. The van der Waals surface area contributed by atoms with Gasteiger partial charge in [0.25, 0.3) is 0 Å². The lowest BCUT2D eigenvalue weighted by molar-refractivity contribution is 0.259. The quantitative estimate of drug-likeness (QED) is 0.742. The van der Waals surface area contributed by atoms with Crippen LogP contribution in [0.15, 0.2) is 39.5 Å². The van der Waals surface area contributed by atoms with E-state index < -0.39 is 6.04 Å². The summed E-state index contributed by atoms with van der Waals surface area (Å²) in [7, 11) is 0. The fraction of sp³-hybridized carbons (Fsp3) is 0.231. The van der Waals surface area contributed by atoms with Gasteiger partial charge in [0.15, 0.2) is 0 Å². The first-order valence-electron chi connectivity index (χ1n) is 5.96. The summed E-state index contributed by atoms with van der Waals surface area (Å²) in [6.45, 7) is -0.0203. The van der Waals surface area contributed by atoms with Gasteiger partial charge in [-0.05, 0) is 12.5 Å². The van der Waals surface area contributed by atoms with Crippen molar-refractivity contribution in [2.75, 3.05) is 6.61 Å². The molecule has 3 N–H and O–H groups in total. The Morgan fingerprint density at radius 1 is 1.32 bits per heavy atom. The van der Waals surface area contributed by atoms with Gasteiger partial charge in [-0.3, -0.25) is 0 Å². The zero-order chi connectivity index (χ0) is 13.2. The highest BCUT2D eigenvalue weighted by molar-refractivity contribution is 5.91. The SMILES string of the molecule is NC(CCO)c1nc(-c2coc3ccccc23)no1. The van der Waals surface area contributed by atoms with Gasteiger partial charge in [0.2, 0.25) is 11.7 Å². The summed E-state index contributed by atoms with van der Waals surface area (Å²) in [5.41, 5.74) is 7.34. The maximum Gasteiger partial charge on any atom is 0.243 e. The Hall–Kier alpha value is -2.18. The van der Waals surface area contributed by atoms with Gasteiger partial charge < -0.3 is 19.8 Å². The Kier molecular flexibility index (Phi) is 3.02. The number of benzene rings is 1. The van der Waals surface area contributed by atoms with Crippen LogP contribution in [0.4, 0.5) is 0 Å². The predicted molar refractivity (Wildman–Crippen MR) is 68.1 cm³/mol. The van der Waals surface area contributed by atoms with Crippen LogP contribution in [-0.4, -0.2) is 21.9 Å². The molecule has 3 rings (SSSR count). The number of nitrogens with two attached hydrogens (primary N) is 1. The molecule has 19 heavy (non-hydrogen) atoms. The maximum atomic E-state index is 8.85. The number of nitrogens with zero attached hydrogens (tertiary/aromatic N) is 2.